The molecule has 0 aliphatic heterocycles. The Morgan fingerprint density at radius 3 is 2.52 bits per heavy atom. The molecule has 1 aliphatic carbocycles. The number of rotatable bonds is 8. The van der Waals surface area contributed by atoms with Crippen LogP contribution in [0.3, 0.4) is 0 Å². The number of halogens is 3. The lowest BCUT2D eigenvalue weighted by atomic mass is 10.1. The van der Waals surface area contributed by atoms with Crippen molar-refractivity contribution < 1.29 is 27.6 Å². The summed E-state index contributed by atoms with van der Waals surface area (Å²) in [6.07, 6.45) is -1.41. The smallest absolute Gasteiger partial charge is 0.352 e. The van der Waals surface area contributed by atoms with E-state index in [2.05, 4.69) is 15.6 Å². The van der Waals surface area contributed by atoms with Crippen molar-refractivity contribution in [3.05, 3.63) is 40.9 Å². The number of hydrogen-bond donors (Lipinski definition) is 2. The molecule has 2 N–H and O–H groups in total. The van der Waals surface area contributed by atoms with Crippen LogP contribution in [0.2, 0.25) is 0 Å². The van der Waals surface area contributed by atoms with Gasteiger partial charge in [0.15, 0.2) is 5.13 Å². The molecular formula is C22H25F3N4O3S. The summed E-state index contributed by atoms with van der Waals surface area (Å²) in [7, 11) is 0. The van der Waals surface area contributed by atoms with E-state index in [0.29, 0.717) is 5.13 Å². The van der Waals surface area contributed by atoms with Gasteiger partial charge < -0.3 is 15.5 Å². The average molecular weight is 483 g/mol. The molecule has 33 heavy (non-hydrogen) atoms. The van der Waals surface area contributed by atoms with Crippen molar-refractivity contribution in [2.24, 2.45) is 0 Å². The van der Waals surface area contributed by atoms with Gasteiger partial charge in [-0.25, -0.2) is 4.98 Å². The third-order valence-corrected chi connectivity index (χ3v) is 6.12. The van der Waals surface area contributed by atoms with Crippen LogP contribution in [-0.4, -0.2) is 35.3 Å². The van der Waals surface area contributed by atoms with Crippen molar-refractivity contribution in [2.75, 3.05) is 16.8 Å². The Morgan fingerprint density at radius 1 is 1.15 bits per heavy atom. The van der Waals surface area contributed by atoms with Crippen molar-refractivity contribution >= 4 is 39.9 Å². The van der Waals surface area contributed by atoms with Gasteiger partial charge in [0.25, 0.3) is 0 Å². The lowest BCUT2D eigenvalue weighted by Crippen LogP contribution is -2.44. The largest absolute Gasteiger partial charge is 0.416 e. The van der Waals surface area contributed by atoms with E-state index >= 15 is 0 Å². The molecule has 1 aromatic carbocycles. The predicted molar refractivity (Wildman–Crippen MR) is 119 cm³/mol. The Morgan fingerprint density at radius 2 is 1.88 bits per heavy atom. The molecule has 11 heteroatoms. The second-order valence-electron chi connectivity index (χ2n) is 7.92. The zero-order valence-corrected chi connectivity index (χ0v) is 18.9. The summed E-state index contributed by atoms with van der Waals surface area (Å²) < 4.78 is 39.6. The molecule has 0 radical (unpaired) electrons. The SMILES string of the molecule is Cc1csc(NC(=O)CCC(=O)N(CC(=O)NC2CCCC2)c2cccc(C(F)(F)F)c2)n1. The van der Waals surface area contributed by atoms with Crippen LogP contribution in [0.15, 0.2) is 29.6 Å². The summed E-state index contributed by atoms with van der Waals surface area (Å²) in [6, 6.07) is 4.26. The molecule has 1 aliphatic rings. The number of anilines is 2. The molecular weight excluding hydrogens is 457 g/mol. The van der Waals surface area contributed by atoms with E-state index in [9.17, 15) is 27.6 Å². The molecule has 0 bridgehead atoms. The molecule has 0 unspecified atom stereocenters. The minimum absolute atomic E-state index is 0.00323. The van der Waals surface area contributed by atoms with Crippen LogP contribution in [0, 0.1) is 6.92 Å². The number of thiazole rings is 1. The van der Waals surface area contributed by atoms with Gasteiger partial charge in [0.05, 0.1) is 11.3 Å². The van der Waals surface area contributed by atoms with Crippen molar-refractivity contribution in [1.29, 1.82) is 0 Å². The van der Waals surface area contributed by atoms with Crippen molar-refractivity contribution in [3.8, 4) is 0 Å². The molecule has 2 aromatic rings. The van der Waals surface area contributed by atoms with Gasteiger partial charge in [-0.3, -0.25) is 14.4 Å². The number of amides is 3. The minimum Gasteiger partial charge on any atom is -0.352 e. The third kappa shape index (κ3) is 7.28. The summed E-state index contributed by atoms with van der Waals surface area (Å²) >= 11 is 1.24. The van der Waals surface area contributed by atoms with Gasteiger partial charge in [0, 0.05) is 30.0 Å². The van der Waals surface area contributed by atoms with E-state index in [4.69, 9.17) is 0 Å². The topological polar surface area (TPSA) is 91.4 Å². The first-order chi connectivity index (χ1) is 15.6. The van der Waals surface area contributed by atoms with Crippen molar-refractivity contribution in [3.63, 3.8) is 0 Å². The number of nitrogens with one attached hydrogen (secondary N) is 2. The van der Waals surface area contributed by atoms with E-state index < -0.39 is 36.0 Å². The normalized spacial score (nSPS) is 14.2. The molecule has 3 rings (SSSR count). The Labute approximate surface area is 193 Å². The number of hydrogen-bond acceptors (Lipinski definition) is 5. The highest BCUT2D eigenvalue weighted by Gasteiger charge is 2.32. The number of aryl methyl sites for hydroxylation is 1. The van der Waals surface area contributed by atoms with Crippen LogP contribution in [0.4, 0.5) is 24.0 Å². The van der Waals surface area contributed by atoms with Crippen LogP contribution in [0.5, 0.6) is 0 Å². The molecule has 178 valence electrons. The first-order valence-corrected chi connectivity index (χ1v) is 11.5. The van der Waals surface area contributed by atoms with Gasteiger partial charge in [-0.1, -0.05) is 18.9 Å². The van der Waals surface area contributed by atoms with E-state index in [-0.39, 0.29) is 24.6 Å². The summed E-state index contributed by atoms with van der Waals surface area (Å²) in [4.78, 5) is 42.7. The predicted octanol–water partition coefficient (Wildman–Crippen LogP) is 4.28. The number of benzene rings is 1. The van der Waals surface area contributed by atoms with E-state index in [1.165, 1.54) is 23.5 Å². The molecule has 0 spiro atoms. The second-order valence-corrected chi connectivity index (χ2v) is 8.78. The number of nitrogens with zero attached hydrogens (tertiary/aromatic N) is 2. The molecule has 1 aromatic heterocycles. The van der Waals surface area contributed by atoms with Crippen LogP contribution in [-0.2, 0) is 20.6 Å². The lowest BCUT2D eigenvalue weighted by molar-refractivity contribution is -0.137. The molecule has 0 atom stereocenters. The van der Waals surface area contributed by atoms with E-state index in [1.807, 2.05) is 0 Å². The summed E-state index contributed by atoms with van der Waals surface area (Å²) in [5.74, 6) is -1.52. The number of carbonyl (C=O) groups excluding carboxylic acids is 3. The Balaban J connectivity index is 1.70. The highest BCUT2D eigenvalue weighted by Crippen LogP contribution is 2.32. The van der Waals surface area contributed by atoms with Gasteiger partial charge in [-0.05, 0) is 38.0 Å². The average Bonchev–Trinajstić information content (AvgIpc) is 3.41. The maximum Gasteiger partial charge on any atom is 0.416 e. The first-order valence-electron chi connectivity index (χ1n) is 10.6. The maximum absolute atomic E-state index is 13.2. The summed E-state index contributed by atoms with van der Waals surface area (Å²) in [5.41, 5.74) is -0.228. The van der Waals surface area contributed by atoms with Gasteiger partial charge in [-0.2, -0.15) is 13.2 Å². The van der Waals surface area contributed by atoms with Gasteiger partial charge in [-0.15, -0.1) is 11.3 Å². The molecule has 7 nitrogen and oxygen atoms in total. The second kappa shape index (κ2) is 10.8. The minimum atomic E-state index is -4.59. The zero-order chi connectivity index (χ0) is 24.0. The Bertz CT molecular complexity index is 1000. The van der Waals surface area contributed by atoms with Gasteiger partial charge in [0.1, 0.15) is 6.54 Å². The van der Waals surface area contributed by atoms with Crippen LogP contribution >= 0.6 is 11.3 Å². The van der Waals surface area contributed by atoms with Crippen molar-refractivity contribution in [2.45, 2.75) is 57.7 Å². The highest BCUT2D eigenvalue weighted by molar-refractivity contribution is 7.13. The fourth-order valence-electron chi connectivity index (χ4n) is 3.61. The summed E-state index contributed by atoms with van der Waals surface area (Å²) in [6.45, 7) is 1.35. The monoisotopic (exact) mass is 482 g/mol. The van der Waals surface area contributed by atoms with Gasteiger partial charge in [0.2, 0.25) is 17.7 Å². The molecule has 0 saturated heterocycles. The standard InChI is InChI=1S/C22H25F3N4O3S/c1-14-13-33-21(26-14)28-18(30)9-10-20(32)29(12-19(31)27-16-6-2-3-7-16)17-8-4-5-15(11-17)22(23,24)25/h4-5,8,11,13,16H,2-3,6-7,9-10,12H2,1H3,(H,27,31)(H,26,28,30). The fraction of sp³-hybridized carbons (Fsp3) is 0.455. The maximum atomic E-state index is 13.2. The zero-order valence-electron chi connectivity index (χ0n) is 18.1. The van der Waals surface area contributed by atoms with Crippen molar-refractivity contribution in [1.82, 2.24) is 10.3 Å². The quantitative estimate of drug-likeness (QED) is 0.588. The lowest BCUT2D eigenvalue weighted by Gasteiger charge is -2.24. The molecule has 3 amide bonds. The highest BCUT2D eigenvalue weighted by atomic mass is 32.1. The first kappa shape index (κ1) is 24.7. The number of aromatic nitrogens is 1. The molecule has 1 fully saturated rings. The van der Waals surface area contributed by atoms with Crippen LogP contribution in [0.1, 0.15) is 49.8 Å². The van der Waals surface area contributed by atoms with Crippen LogP contribution < -0.4 is 15.5 Å². The molecule has 1 saturated carbocycles. The van der Waals surface area contributed by atoms with E-state index in [1.54, 1.807) is 12.3 Å². The third-order valence-electron chi connectivity index (χ3n) is 5.24. The Hall–Kier alpha value is -2.95. The Kier molecular flexibility index (Phi) is 8.06. The number of carbonyl (C=O) groups is 3. The number of alkyl halides is 3. The van der Waals surface area contributed by atoms with E-state index in [0.717, 1.165) is 48.4 Å². The van der Waals surface area contributed by atoms with Crippen LogP contribution in [0.25, 0.3) is 0 Å². The molecule has 1 heterocycles. The fourth-order valence-corrected chi connectivity index (χ4v) is 4.31. The van der Waals surface area contributed by atoms with Gasteiger partial charge >= 0.3 is 6.18 Å². The summed E-state index contributed by atoms with van der Waals surface area (Å²) in [5, 5.41) is 7.58.